The highest BCUT2D eigenvalue weighted by molar-refractivity contribution is 7.98. The number of fused-ring (bicyclic) bond motifs is 1. The zero-order chi connectivity index (χ0) is 12.3. The fourth-order valence-electron chi connectivity index (χ4n) is 2.09. The molecule has 0 saturated carbocycles. The lowest BCUT2D eigenvalue weighted by Crippen LogP contribution is -2.12. The van der Waals surface area contributed by atoms with Gasteiger partial charge < -0.3 is 9.55 Å². The molecule has 0 aromatic carbocycles. The van der Waals surface area contributed by atoms with E-state index in [1.807, 2.05) is 37.0 Å². The van der Waals surface area contributed by atoms with Crippen LogP contribution in [0.4, 0.5) is 0 Å². The van der Waals surface area contributed by atoms with Crippen LogP contribution in [0.5, 0.6) is 0 Å². The number of aromatic amines is 1. The molecule has 0 amide bonds. The number of nitrogens with zero attached hydrogens (tertiary/aromatic N) is 1. The molecule has 3 nitrogen and oxygen atoms in total. The number of aryl methyl sites for hydroxylation is 2. The van der Waals surface area contributed by atoms with Gasteiger partial charge in [0.05, 0.1) is 0 Å². The minimum absolute atomic E-state index is 0.0230. The van der Waals surface area contributed by atoms with Crippen molar-refractivity contribution in [1.29, 1.82) is 0 Å². The standard InChI is InChI=1S/C13H18N2OS/c1-10-9-11-5-7-15(6-3-4-8-17-2)12(11)13(16)14-10/h5,7,9H,3-4,6,8H2,1-2H3,(H,14,16). The maximum Gasteiger partial charge on any atom is 0.272 e. The number of aromatic nitrogens is 2. The van der Waals surface area contributed by atoms with E-state index in [1.165, 1.54) is 12.2 Å². The van der Waals surface area contributed by atoms with Crippen molar-refractivity contribution in [2.24, 2.45) is 0 Å². The lowest BCUT2D eigenvalue weighted by atomic mass is 10.2. The van der Waals surface area contributed by atoms with Gasteiger partial charge in [-0.2, -0.15) is 11.8 Å². The Kier molecular flexibility index (Phi) is 3.94. The maximum absolute atomic E-state index is 11.9. The van der Waals surface area contributed by atoms with Crippen molar-refractivity contribution in [2.45, 2.75) is 26.3 Å². The van der Waals surface area contributed by atoms with Crippen molar-refractivity contribution in [1.82, 2.24) is 9.55 Å². The average Bonchev–Trinajstić information content (AvgIpc) is 2.68. The third-order valence-corrected chi connectivity index (χ3v) is 3.59. The topological polar surface area (TPSA) is 37.8 Å². The summed E-state index contributed by atoms with van der Waals surface area (Å²) in [5.41, 5.74) is 1.75. The zero-order valence-corrected chi connectivity index (χ0v) is 11.1. The predicted octanol–water partition coefficient (Wildman–Crippen LogP) is 2.78. The van der Waals surface area contributed by atoms with Crippen molar-refractivity contribution in [2.75, 3.05) is 12.0 Å². The Balaban J connectivity index is 2.21. The van der Waals surface area contributed by atoms with Crippen molar-refractivity contribution < 1.29 is 0 Å². The van der Waals surface area contributed by atoms with Gasteiger partial charge in [0.1, 0.15) is 5.52 Å². The smallest absolute Gasteiger partial charge is 0.272 e. The van der Waals surface area contributed by atoms with Crippen molar-refractivity contribution in [3.63, 3.8) is 0 Å². The van der Waals surface area contributed by atoms with E-state index >= 15 is 0 Å². The molecule has 4 heteroatoms. The van der Waals surface area contributed by atoms with Gasteiger partial charge in [-0.05, 0) is 43.9 Å². The number of thioether (sulfide) groups is 1. The van der Waals surface area contributed by atoms with E-state index in [2.05, 4.69) is 15.8 Å². The third-order valence-electron chi connectivity index (χ3n) is 2.89. The normalized spacial score (nSPS) is 11.2. The summed E-state index contributed by atoms with van der Waals surface area (Å²) in [5, 5.41) is 1.04. The molecule has 0 aliphatic carbocycles. The lowest BCUT2D eigenvalue weighted by Gasteiger charge is -2.04. The average molecular weight is 250 g/mol. The molecule has 0 aliphatic heterocycles. The molecular formula is C13H18N2OS. The SMILES string of the molecule is CSCCCCn1ccc2cc(C)[nH]c(=O)c21. The Labute approximate surface area is 105 Å². The van der Waals surface area contributed by atoms with Gasteiger partial charge in [-0.15, -0.1) is 0 Å². The van der Waals surface area contributed by atoms with Crippen LogP contribution in [0, 0.1) is 6.92 Å². The number of hydrogen-bond acceptors (Lipinski definition) is 2. The summed E-state index contributed by atoms with van der Waals surface area (Å²) in [7, 11) is 0. The molecule has 0 saturated heterocycles. The van der Waals surface area contributed by atoms with Gasteiger partial charge in [-0.3, -0.25) is 4.79 Å². The first kappa shape index (κ1) is 12.3. The van der Waals surface area contributed by atoms with Crippen LogP contribution in [0.25, 0.3) is 10.9 Å². The molecule has 0 atom stereocenters. The number of nitrogens with one attached hydrogen (secondary N) is 1. The van der Waals surface area contributed by atoms with Crippen molar-refractivity contribution >= 4 is 22.7 Å². The molecule has 0 aliphatic rings. The highest BCUT2D eigenvalue weighted by Gasteiger charge is 2.05. The molecule has 92 valence electrons. The number of pyridine rings is 1. The van der Waals surface area contributed by atoms with Crippen molar-refractivity contribution in [3.05, 3.63) is 34.4 Å². The molecule has 0 spiro atoms. The van der Waals surface area contributed by atoms with Crippen LogP contribution in [0.15, 0.2) is 23.1 Å². The number of H-pyrrole nitrogens is 1. The number of hydrogen-bond donors (Lipinski definition) is 1. The van der Waals surface area contributed by atoms with Crippen LogP contribution in [0.3, 0.4) is 0 Å². The lowest BCUT2D eigenvalue weighted by molar-refractivity contribution is 0.652. The van der Waals surface area contributed by atoms with E-state index in [9.17, 15) is 4.79 Å². The first-order chi connectivity index (χ1) is 8.22. The fourth-order valence-corrected chi connectivity index (χ4v) is 2.58. The first-order valence-corrected chi connectivity index (χ1v) is 7.29. The largest absolute Gasteiger partial charge is 0.343 e. The molecule has 2 heterocycles. The minimum atomic E-state index is 0.0230. The Hall–Kier alpha value is -1.16. The molecule has 0 bridgehead atoms. The van der Waals surface area contributed by atoms with E-state index in [1.54, 1.807) is 0 Å². The quantitative estimate of drug-likeness (QED) is 0.829. The summed E-state index contributed by atoms with van der Waals surface area (Å²) in [6.45, 7) is 2.84. The monoisotopic (exact) mass is 250 g/mol. The van der Waals surface area contributed by atoms with Crippen LogP contribution in [0.1, 0.15) is 18.5 Å². The van der Waals surface area contributed by atoms with Crippen LogP contribution in [-0.4, -0.2) is 21.6 Å². The summed E-state index contributed by atoms with van der Waals surface area (Å²) in [5.74, 6) is 1.19. The first-order valence-electron chi connectivity index (χ1n) is 5.90. The highest BCUT2D eigenvalue weighted by atomic mass is 32.2. The van der Waals surface area contributed by atoms with Gasteiger partial charge >= 0.3 is 0 Å². The Morgan fingerprint density at radius 3 is 3.00 bits per heavy atom. The molecule has 1 N–H and O–H groups in total. The molecule has 0 radical (unpaired) electrons. The Bertz CT molecular complexity index is 556. The minimum Gasteiger partial charge on any atom is -0.343 e. The van der Waals surface area contributed by atoms with Gasteiger partial charge in [-0.25, -0.2) is 0 Å². The molecular weight excluding hydrogens is 232 g/mol. The van der Waals surface area contributed by atoms with E-state index in [4.69, 9.17) is 0 Å². The summed E-state index contributed by atoms with van der Waals surface area (Å²) in [6, 6.07) is 4.04. The molecule has 0 fully saturated rings. The summed E-state index contributed by atoms with van der Waals surface area (Å²) < 4.78 is 2.06. The van der Waals surface area contributed by atoms with Gasteiger partial charge in [-0.1, -0.05) is 0 Å². The zero-order valence-electron chi connectivity index (χ0n) is 10.3. The molecule has 0 unspecified atom stereocenters. The molecule has 2 aromatic rings. The van der Waals surface area contributed by atoms with Crippen LogP contribution in [0.2, 0.25) is 0 Å². The second-order valence-corrected chi connectivity index (χ2v) is 5.28. The summed E-state index contributed by atoms with van der Waals surface area (Å²) in [4.78, 5) is 14.8. The summed E-state index contributed by atoms with van der Waals surface area (Å²) >= 11 is 1.87. The van der Waals surface area contributed by atoms with E-state index in [-0.39, 0.29) is 5.56 Å². The number of rotatable bonds is 5. The fraction of sp³-hybridized carbons (Fsp3) is 0.462. The molecule has 17 heavy (non-hydrogen) atoms. The predicted molar refractivity (Wildman–Crippen MR) is 74.9 cm³/mol. The number of unbranched alkanes of at least 4 members (excludes halogenated alkanes) is 1. The van der Waals surface area contributed by atoms with Gasteiger partial charge in [0, 0.05) is 23.8 Å². The van der Waals surface area contributed by atoms with E-state index in [0.29, 0.717) is 0 Å². The highest BCUT2D eigenvalue weighted by Crippen LogP contribution is 2.13. The van der Waals surface area contributed by atoms with Crippen molar-refractivity contribution in [3.8, 4) is 0 Å². The van der Waals surface area contributed by atoms with E-state index < -0.39 is 0 Å². The van der Waals surface area contributed by atoms with Gasteiger partial charge in [0.2, 0.25) is 0 Å². The van der Waals surface area contributed by atoms with Crippen LogP contribution >= 0.6 is 11.8 Å². The summed E-state index contributed by atoms with van der Waals surface area (Å²) in [6.07, 6.45) is 6.46. The second-order valence-electron chi connectivity index (χ2n) is 4.29. The Morgan fingerprint density at radius 1 is 1.41 bits per heavy atom. The molecule has 2 rings (SSSR count). The van der Waals surface area contributed by atoms with Gasteiger partial charge in [0.25, 0.3) is 5.56 Å². The molecule has 2 aromatic heterocycles. The van der Waals surface area contributed by atoms with Gasteiger partial charge in [0.15, 0.2) is 0 Å². The maximum atomic E-state index is 11.9. The van der Waals surface area contributed by atoms with Crippen LogP contribution in [-0.2, 0) is 6.54 Å². The third kappa shape index (κ3) is 2.75. The van der Waals surface area contributed by atoms with Crippen LogP contribution < -0.4 is 5.56 Å². The van der Waals surface area contributed by atoms with E-state index in [0.717, 1.165) is 29.6 Å². The second kappa shape index (κ2) is 5.45. The Morgan fingerprint density at radius 2 is 2.24 bits per heavy atom.